The Bertz CT molecular complexity index is 500. The van der Waals surface area contributed by atoms with Gasteiger partial charge in [0.15, 0.2) is 5.96 Å². The van der Waals surface area contributed by atoms with Gasteiger partial charge in [0.25, 0.3) is 0 Å². The van der Waals surface area contributed by atoms with Gasteiger partial charge in [-0.05, 0) is 33.4 Å². The highest BCUT2D eigenvalue weighted by atomic mass is 127. The lowest BCUT2D eigenvalue weighted by molar-refractivity contribution is 0.298. The molecule has 1 aromatic heterocycles. The van der Waals surface area contributed by atoms with Gasteiger partial charge in [-0.15, -0.1) is 24.0 Å². The first kappa shape index (κ1) is 25.2. The van der Waals surface area contributed by atoms with Gasteiger partial charge < -0.3 is 15.5 Å². The zero-order valence-corrected chi connectivity index (χ0v) is 19.8. The molecule has 1 heterocycles. The number of nitrogens with zero attached hydrogens (tertiary/aromatic N) is 4. The fourth-order valence-corrected chi connectivity index (χ4v) is 2.88. The van der Waals surface area contributed by atoms with Crippen LogP contribution >= 0.6 is 24.0 Å². The van der Waals surface area contributed by atoms with E-state index in [2.05, 4.69) is 61.7 Å². The Morgan fingerprint density at radius 3 is 2.50 bits per heavy atom. The van der Waals surface area contributed by atoms with Gasteiger partial charge in [-0.25, -0.2) is 0 Å². The van der Waals surface area contributed by atoms with Gasteiger partial charge in [0.1, 0.15) is 0 Å². The van der Waals surface area contributed by atoms with E-state index in [0.29, 0.717) is 5.92 Å². The number of hydrogen-bond donors (Lipinski definition) is 2. The summed E-state index contributed by atoms with van der Waals surface area (Å²) in [5, 5.41) is 11.2. The van der Waals surface area contributed by atoms with Crippen LogP contribution in [-0.4, -0.2) is 54.4 Å². The van der Waals surface area contributed by atoms with E-state index in [-0.39, 0.29) is 30.0 Å². The summed E-state index contributed by atoms with van der Waals surface area (Å²) in [6.07, 6.45) is 9.03. The number of hydrogen-bond acceptors (Lipinski definition) is 3. The molecule has 26 heavy (non-hydrogen) atoms. The minimum atomic E-state index is 0. The van der Waals surface area contributed by atoms with Gasteiger partial charge in [0.05, 0.1) is 12.2 Å². The van der Waals surface area contributed by atoms with Crippen molar-refractivity contribution in [1.82, 2.24) is 25.3 Å². The molecule has 6 nitrogen and oxygen atoms in total. The van der Waals surface area contributed by atoms with Crippen LogP contribution in [0.5, 0.6) is 0 Å². The molecule has 0 saturated heterocycles. The first-order valence-corrected chi connectivity index (χ1v) is 9.68. The van der Waals surface area contributed by atoms with Crippen molar-refractivity contribution in [3.05, 3.63) is 18.0 Å². The van der Waals surface area contributed by atoms with Crippen molar-refractivity contribution in [1.29, 1.82) is 0 Å². The van der Waals surface area contributed by atoms with Crippen molar-refractivity contribution >= 4 is 29.9 Å². The van der Waals surface area contributed by atoms with E-state index in [9.17, 15) is 0 Å². The lowest BCUT2D eigenvalue weighted by Crippen LogP contribution is -2.42. The molecule has 0 amide bonds. The average molecular weight is 478 g/mol. The number of unbranched alkanes of at least 4 members (excludes halogenated alkanes) is 1. The first-order chi connectivity index (χ1) is 12.0. The second-order valence-corrected chi connectivity index (χ2v) is 6.94. The lowest BCUT2D eigenvalue weighted by Gasteiger charge is -2.25. The zero-order valence-electron chi connectivity index (χ0n) is 17.5. The van der Waals surface area contributed by atoms with Crippen LogP contribution in [0.15, 0.2) is 17.4 Å². The molecular weight excluding hydrogens is 439 g/mol. The van der Waals surface area contributed by atoms with Crippen molar-refractivity contribution < 1.29 is 0 Å². The zero-order chi connectivity index (χ0) is 18.7. The van der Waals surface area contributed by atoms with Crippen LogP contribution in [0.2, 0.25) is 0 Å². The number of aliphatic imine (C=N–C) groups is 1. The Kier molecular flexibility index (Phi) is 13.8. The van der Waals surface area contributed by atoms with E-state index in [1.807, 2.05) is 17.9 Å². The van der Waals surface area contributed by atoms with Crippen LogP contribution in [0.1, 0.15) is 58.1 Å². The number of guanidine groups is 1. The van der Waals surface area contributed by atoms with Gasteiger partial charge in [-0.2, -0.15) is 5.10 Å². The van der Waals surface area contributed by atoms with Gasteiger partial charge in [-0.1, -0.05) is 33.1 Å². The molecule has 0 aromatic carbocycles. The molecule has 0 bridgehead atoms. The normalized spacial score (nSPS) is 14.0. The van der Waals surface area contributed by atoms with E-state index in [1.54, 1.807) is 0 Å². The molecule has 2 atom stereocenters. The number of aromatic nitrogens is 2. The summed E-state index contributed by atoms with van der Waals surface area (Å²) < 4.78 is 1.85. The first-order valence-electron chi connectivity index (χ1n) is 9.68. The summed E-state index contributed by atoms with van der Waals surface area (Å²) in [5.41, 5.74) is 1.21. The minimum Gasteiger partial charge on any atom is -0.357 e. The molecule has 0 saturated carbocycles. The summed E-state index contributed by atoms with van der Waals surface area (Å²) in [6, 6.07) is 0.264. The van der Waals surface area contributed by atoms with Crippen LogP contribution in [0.25, 0.3) is 0 Å². The van der Waals surface area contributed by atoms with E-state index in [0.717, 1.165) is 25.6 Å². The standard InChI is InChI=1S/C19H38N6.HI/c1-7-10-11-16(8-2)12-21-19(20-9-3)22-14-18(24(4)5)17-13-23-25(6)15-17;/h13,15-16,18H,7-12,14H2,1-6H3,(H2,20,21,22);1H. The lowest BCUT2D eigenvalue weighted by atomic mass is 10.00. The third-order valence-electron chi connectivity index (χ3n) is 4.59. The van der Waals surface area contributed by atoms with Crippen molar-refractivity contribution in [2.24, 2.45) is 18.0 Å². The molecule has 1 aromatic rings. The van der Waals surface area contributed by atoms with E-state index >= 15 is 0 Å². The van der Waals surface area contributed by atoms with Crippen LogP contribution < -0.4 is 10.6 Å². The highest BCUT2D eigenvalue weighted by Gasteiger charge is 2.16. The molecule has 7 heteroatoms. The molecular formula is C19H39IN6. The summed E-state index contributed by atoms with van der Waals surface area (Å²) in [5.74, 6) is 1.59. The average Bonchev–Trinajstić information content (AvgIpc) is 3.00. The van der Waals surface area contributed by atoms with Crippen LogP contribution in [0.3, 0.4) is 0 Å². The van der Waals surface area contributed by atoms with Crippen molar-refractivity contribution in [2.75, 3.05) is 33.7 Å². The molecule has 0 aliphatic rings. The van der Waals surface area contributed by atoms with Crippen molar-refractivity contribution in [3.63, 3.8) is 0 Å². The van der Waals surface area contributed by atoms with Crippen molar-refractivity contribution in [2.45, 2.75) is 52.5 Å². The van der Waals surface area contributed by atoms with Gasteiger partial charge in [0.2, 0.25) is 0 Å². The van der Waals surface area contributed by atoms with Gasteiger partial charge >= 0.3 is 0 Å². The maximum absolute atomic E-state index is 4.82. The minimum absolute atomic E-state index is 0. The molecule has 0 aliphatic carbocycles. The van der Waals surface area contributed by atoms with Crippen LogP contribution in [0, 0.1) is 5.92 Å². The molecule has 0 aliphatic heterocycles. The summed E-state index contributed by atoms with van der Waals surface area (Å²) in [4.78, 5) is 7.03. The number of halogens is 1. The predicted molar refractivity (Wildman–Crippen MR) is 122 cm³/mol. The number of nitrogens with one attached hydrogen (secondary N) is 2. The fourth-order valence-electron chi connectivity index (χ4n) is 2.88. The Morgan fingerprint density at radius 2 is 2.00 bits per heavy atom. The third kappa shape index (κ3) is 9.21. The highest BCUT2D eigenvalue weighted by Crippen LogP contribution is 2.16. The SMILES string of the molecule is CCCCC(CC)CN=C(NCC)NCC(c1cnn(C)c1)N(C)C.I. The maximum Gasteiger partial charge on any atom is 0.191 e. The van der Waals surface area contributed by atoms with Crippen LogP contribution in [-0.2, 0) is 7.05 Å². The quantitative estimate of drug-likeness (QED) is 0.291. The smallest absolute Gasteiger partial charge is 0.191 e. The Labute approximate surface area is 177 Å². The second kappa shape index (κ2) is 14.3. The van der Waals surface area contributed by atoms with Crippen LogP contribution in [0.4, 0.5) is 0 Å². The molecule has 152 valence electrons. The largest absolute Gasteiger partial charge is 0.357 e. The Morgan fingerprint density at radius 1 is 1.27 bits per heavy atom. The molecule has 2 N–H and O–H groups in total. The Hall–Kier alpha value is -0.830. The van der Waals surface area contributed by atoms with Crippen molar-refractivity contribution in [3.8, 4) is 0 Å². The second-order valence-electron chi connectivity index (χ2n) is 6.94. The predicted octanol–water partition coefficient (Wildman–Crippen LogP) is 3.41. The number of rotatable bonds is 11. The van der Waals surface area contributed by atoms with Gasteiger partial charge in [0, 0.05) is 38.4 Å². The third-order valence-corrected chi connectivity index (χ3v) is 4.59. The topological polar surface area (TPSA) is 57.5 Å². The summed E-state index contributed by atoms with van der Waals surface area (Å²) >= 11 is 0. The molecule has 2 unspecified atom stereocenters. The maximum atomic E-state index is 4.82. The van der Waals surface area contributed by atoms with E-state index in [1.165, 1.54) is 31.2 Å². The number of aryl methyl sites for hydroxylation is 1. The van der Waals surface area contributed by atoms with E-state index < -0.39 is 0 Å². The number of likely N-dealkylation sites (N-methyl/N-ethyl adjacent to an activating group) is 1. The monoisotopic (exact) mass is 478 g/mol. The molecule has 1 rings (SSSR count). The summed E-state index contributed by atoms with van der Waals surface area (Å²) in [7, 11) is 6.15. The fraction of sp³-hybridized carbons (Fsp3) is 0.789. The Balaban J connectivity index is 0.00000625. The molecule has 0 fully saturated rings. The molecule has 0 spiro atoms. The molecule has 0 radical (unpaired) electrons. The van der Waals surface area contributed by atoms with E-state index in [4.69, 9.17) is 4.99 Å². The highest BCUT2D eigenvalue weighted by molar-refractivity contribution is 14.0. The van der Waals surface area contributed by atoms with Gasteiger partial charge in [-0.3, -0.25) is 9.67 Å². The summed E-state index contributed by atoms with van der Waals surface area (Å²) in [6.45, 7) is 9.19.